The summed E-state index contributed by atoms with van der Waals surface area (Å²) in [4.78, 5) is 23.3. The van der Waals surface area contributed by atoms with Crippen molar-refractivity contribution in [2.45, 2.75) is 25.3 Å². The predicted octanol–water partition coefficient (Wildman–Crippen LogP) is 3.78. The summed E-state index contributed by atoms with van der Waals surface area (Å²) in [5.74, 6) is 0.329. The molecular weight excluding hydrogens is 332 g/mol. The second-order valence-electron chi connectivity index (χ2n) is 6.32. The maximum Gasteiger partial charge on any atom is 0.317 e. The summed E-state index contributed by atoms with van der Waals surface area (Å²) in [6.45, 7) is 2.05. The van der Waals surface area contributed by atoms with E-state index < -0.39 is 0 Å². The van der Waals surface area contributed by atoms with Crippen LogP contribution < -0.4 is 5.32 Å². The highest BCUT2D eigenvalue weighted by atomic mass is 32.1. The van der Waals surface area contributed by atoms with Gasteiger partial charge in [-0.2, -0.15) is 0 Å². The molecule has 1 aliphatic rings. The van der Waals surface area contributed by atoms with Crippen LogP contribution in [-0.2, 0) is 6.54 Å². The van der Waals surface area contributed by atoms with Crippen molar-refractivity contribution < 1.29 is 4.79 Å². The van der Waals surface area contributed by atoms with Gasteiger partial charge in [0.25, 0.3) is 0 Å². The molecule has 6 heteroatoms. The number of piperidine rings is 1. The first-order valence-corrected chi connectivity index (χ1v) is 9.38. The Bertz CT molecular complexity index is 831. The van der Waals surface area contributed by atoms with E-state index in [1.807, 2.05) is 29.2 Å². The van der Waals surface area contributed by atoms with Gasteiger partial charge in [0.15, 0.2) is 0 Å². The van der Waals surface area contributed by atoms with Gasteiger partial charge in [0.1, 0.15) is 0 Å². The Kier molecular flexibility index (Phi) is 4.61. The maximum atomic E-state index is 12.5. The molecule has 0 aliphatic carbocycles. The molecule has 1 saturated heterocycles. The number of hydrogen-bond donors (Lipinski definition) is 1. The number of carbonyl (C=O) groups excluding carboxylic acids is 1. The topological polar surface area (TPSA) is 58.1 Å². The summed E-state index contributed by atoms with van der Waals surface area (Å²) in [5.41, 5.74) is 2.07. The SMILES string of the molecule is O=C(NCc1cccnc1)N1CCC[C@@H](c2nc3ccccc3s2)C1. The van der Waals surface area contributed by atoms with Crippen LogP contribution in [0.15, 0.2) is 48.8 Å². The molecule has 0 bridgehead atoms. The van der Waals surface area contributed by atoms with Crippen LogP contribution in [0.2, 0.25) is 0 Å². The van der Waals surface area contributed by atoms with E-state index in [9.17, 15) is 4.79 Å². The van der Waals surface area contributed by atoms with Gasteiger partial charge in [-0.05, 0) is 36.6 Å². The highest BCUT2D eigenvalue weighted by Gasteiger charge is 2.26. The van der Waals surface area contributed by atoms with E-state index in [0.29, 0.717) is 12.5 Å². The first-order valence-electron chi connectivity index (χ1n) is 8.57. The van der Waals surface area contributed by atoms with Gasteiger partial charge < -0.3 is 10.2 Å². The highest BCUT2D eigenvalue weighted by molar-refractivity contribution is 7.18. The van der Waals surface area contributed by atoms with Gasteiger partial charge in [0, 0.05) is 37.9 Å². The van der Waals surface area contributed by atoms with E-state index >= 15 is 0 Å². The third-order valence-corrected chi connectivity index (χ3v) is 5.73. The molecule has 0 saturated carbocycles. The number of benzene rings is 1. The number of nitrogens with zero attached hydrogens (tertiary/aromatic N) is 3. The normalized spacial score (nSPS) is 17.6. The Morgan fingerprint density at radius 2 is 2.20 bits per heavy atom. The Morgan fingerprint density at radius 1 is 1.28 bits per heavy atom. The van der Waals surface area contributed by atoms with Gasteiger partial charge in [-0.3, -0.25) is 4.98 Å². The zero-order chi connectivity index (χ0) is 17.1. The zero-order valence-corrected chi connectivity index (χ0v) is 14.7. The molecule has 1 N–H and O–H groups in total. The van der Waals surface area contributed by atoms with Gasteiger partial charge in [-0.25, -0.2) is 9.78 Å². The summed E-state index contributed by atoms with van der Waals surface area (Å²) in [6.07, 6.45) is 5.62. The Morgan fingerprint density at radius 3 is 3.04 bits per heavy atom. The van der Waals surface area contributed by atoms with E-state index in [0.717, 1.165) is 42.0 Å². The monoisotopic (exact) mass is 352 g/mol. The van der Waals surface area contributed by atoms with Crippen molar-refractivity contribution in [1.29, 1.82) is 0 Å². The van der Waals surface area contributed by atoms with Crippen LogP contribution in [0.3, 0.4) is 0 Å². The van der Waals surface area contributed by atoms with E-state index in [-0.39, 0.29) is 6.03 Å². The smallest absolute Gasteiger partial charge is 0.317 e. The number of aromatic nitrogens is 2. The minimum absolute atomic E-state index is 0.00494. The molecular formula is C19H20N4OS. The molecule has 2 aromatic heterocycles. The van der Waals surface area contributed by atoms with Crippen molar-refractivity contribution in [3.05, 3.63) is 59.4 Å². The molecule has 1 aromatic carbocycles. The molecule has 0 spiro atoms. The number of likely N-dealkylation sites (tertiary alicyclic amines) is 1. The van der Waals surface area contributed by atoms with Crippen LogP contribution in [-0.4, -0.2) is 34.0 Å². The first kappa shape index (κ1) is 16.0. The lowest BCUT2D eigenvalue weighted by Gasteiger charge is -2.31. The van der Waals surface area contributed by atoms with Gasteiger partial charge in [-0.1, -0.05) is 18.2 Å². The lowest BCUT2D eigenvalue weighted by atomic mass is 9.99. The summed E-state index contributed by atoms with van der Waals surface area (Å²) >= 11 is 1.75. The van der Waals surface area contributed by atoms with Gasteiger partial charge >= 0.3 is 6.03 Å². The molecule has 3 heterocycles. The summed E-state index contributed by atoms with van der Waals surface area (Å²) in [7, 11) is 0. The average molecular weight is 352 g/mol. The summed E-state index contributed by atoms with van der Waals surface area (Å²) in [6, 6.07) is 12.1. The minimum Gasteiger partial charge on any atom is -0.334 e. The van der Waals surface area contributed by atoms with Crippen LogP contribution in [0.25, 0.3) is 10.2 Å². The van der Waals surface area contributed by atoms with E-state index in [1.54, 1.807) is 23.7 Å². The lowest BCUT2D eigenvalue weighted by molar-refractivity contribution is 0.179. The van der Waals surface area contributed by atoms with Crippen LogP contribution in [0.1, 0.15) is 29.3 Å². The van der Waals surface area contributed by atoms with Crippen molar-refractivity contribution in [1.82, 2.24) is 20.2 Å². The van der Waals surface area contributed by atoms with Crippen molar-refractivity contribution in [3.8, 4) is 0 Å². The largest absolute Gasteiger partial charge is 0.334 e. The van der Waals surface area contributed by atoms with Crippen molar-refractivity contribution >= 4 is 27.6 Å². The molecule has 0 radical (unpaired) electrons. The number of para-hydroxylation sites is 1. The first-order chi connectivity index (χ1) is 12.3. The quantitative estimate of drug-likeness (QED) is 0.780. The number of rotatable bonds is 3. The minimum atomic E-state index is -0.00494. The molecule has 3 aromatic rings. The average Bonchev–Trinajstić information content (AvgIpc) is 3.11. The van der Waals surface area contributed by atoms with Crippen molar-refractivity contribution in [3.63, 3.8) is 0 Å². The van der Waals surface area contributed by atoms with Crippen molar-refractivity contribution in [2.24, 2.45) is 0 Å². The molecule has 2 amide bonds. The fourth-order valence-electron chi connectivity index (χ4n) is 3.22. The van der Waals surface area contributed by atoms with Crippen LogP contribution >= 0.6 is 11.3 Å². The molecule has 5 nitrogen and oxygen atoms in total. The number of urea groups is 1. The number of thiazole rings is 1. The number of nitrogens with one attached hydrogen (secondary N) is 1. The van der Waals surface area contributed by atoms with Crippen LogP contribution in [0.5, 0.6) is 0 Å². The molecule has 128 valence electrons. The second-order valence-corrected chi connectivity index (χ2v) is 7.39. The number of amides is 2. The Labute approximate surface area is 150 Å². The zero-order valence-electron chi connectivity index (χ0n) is 13.9. The highest BCUT2D eigenvalue weighted by Crippen LogP contribution is 2.32. The predicted molar refractivity (Wildman–Crippen MR) is 99.6 cm³/mol. The molecule has 25 heavy (non-hydrogen) atoms. The standard InChI is InChI=1S/C19H20N4OS/c24-19(21-12-14-5-3-9-20-11-14)23-10-4-6-15(13-23)18-22-16-7-1-2-8-17(16)25-18/h1-3,5,7-9,11,15H,4,6,10,12-13H2,(H,21,24)/t15-/m1/s1. The summed E-state index contributed by atoms with van der Waals surface area (Å²) < 4.78 is 1.22. The van der Waals surface area contributed by atoms with Crippen molar-refractivity contribution in [2.75, 3.05) is 13.1 Å². The third-order valence-electron chi connectivity index (χ3n) is 4.53. The molecule has 1 aliphatic heterocycles. The molecule has 0 unspecified atom stereocenters. The van der Waals surface area contributed by atoms with Crippen LogP contribution in [0.4, 0.5) is 4.79 Å². The number of fused-ring (bicyclic) bond motifs is 1. The fraction of sp³-hybridized carbons (Fsp3) is 0.316. The van der Waals surface area contributed by atoms with Crippen LogP contribution in [0, 0.1) is 0 Å². The second kappa shape index (κ2) is 7.19. The molecule has 4 rings (SSSR count). The van der Waals surface area contributed by atoms with Gasteiger partial charge in [0.2, 0.25) is 0 Å². The van der Waals surface area contributed by atoms with Gasteiger partial charge in [0.05, 0.1) is 15.2 Å². The lowest BCUT2D eigenvalue weighted by Crippen LogP contribution is -2.44. The molecule has 1 atom stereocenters. The number of carbonyl (C=O) groups is 1. The Balaban J connectivity index is 1.41. The third kappa shape index (κ3) is 3.64. The van der Waals surface area contributed by atoms with Gasteiger partial charge in [-0.15, -0.1) is 11.3 Å². The van der Waals surface area contributed by atoms with E-state index in [4.69, 9.17) is 4.98 Å². The van der Waals surface area contributed by atoms with E-state index in [2.05, 4.69) is 22.4 Å². The maximum absolute atomic E-state index is 12.5. The van der Waals surface area contributed by atoms with E-state index in [1.165, 1.54) is 4.70 Å². The number of hydrogen-bond acceptors (Lipinski definition) is 4. The number of pyridine rings is 1. The fourth-order valence-corrected chi connectivity index (χ4v) is 4.31. The Hall–Kier alpha value is -2.47. The molecule has 1 fully saturated rings. The summed E-state index contributed by atoms with van der Waals surface area (Å²) in [5, 5.41) is 4.14.